The highest BCUT2D eigenvalue weighted by atomic mass is 16.7. The molecule has 11 heteroatoms. The van der Waals surface area contributed by atoms with Crippen molar-refractivity contribution < 1.29 is 48.0 Å². The van der Waals surface area contributed by atoms with E-state index in [0.717, 1.165) is 0 Å². The fraction of sp³-hybridized carbons (Fsp3) is 0.667. The molecule has 0 aliphatic rings. The highest BCUT2D eigenvalue weighted by Crippen LogP contribution is 2.35. The van der Waals surface area contributed by atoms with E-state index < -0.39 is 54.5 Å². The van der Waals surface area contributed by atoms with E-state index >= 15 is 0 Å². The highest BCUT2D eigenvalue weighted by molar-refractivity contribution is 5.75. The van der Waals surface area contributed by atoms with Crippen molar-refractivity contribution in [1.29, 1.82) is 0 Å². The number of esters is 1. The van der Waals surface area contributed by atoms with Crippen LogP contribution in [-0.4, -0.2) is 53.7 Å². The molecule has 0 radical (unpaired) electrons. The summed E-state index contributed by atoms with van der Waals surface area (Å²) in [5.74, 6) is -2.85. The number of carbonyl (C=O) groups excluding carboxylic acids is 3. The number of hydrogen-bond acceptors (Lipinski definition) is 10. The minimum Gasteiger partial charge on any atom is -0.480 e. The van der Waals surface area contributed by atoms with Crippen LogP contribution in [0.1, 0.15) is 93.6 Å². The molecule has 0 spiro atoms. The van der Waals surface area contributed by atoms with Crippen molar-refractivity contribution in [2.75, 3.05) is 0 Å². The van der Waals surface area contributed by atoms with Gasteiger partial charge < -0.3 is 34.5 Å². The standard InChI is InChI=1S/C30H47NO10/c1-16(2)19(6)38-28(35)40-23-12-11-21(14-24(23)41-29(36)39-20(7)17(3)4)22(26(31)27(33)34)13-18(5)37-25(32)15-30(8,9)10/h11-12,14,16-20,22,26H,13,15,31H2,1-10H3,(H,33,34)/t18?,19?,20?,22?,26-/m0/s1. The molecule has 0 saturated carbocycles. The maximum absolute atomic E-state index is 12.6. The largest absolute Gasteiger partial charge is 0.514 e. The average Bonchev–Trinajstić information content (AvgIpc) is 2.81. The van der Waals surface area contributed by atoms with Crippen LogP contribution >= 0.6 is 0 Å². The molecule has 0 saturated heterocycles. The van der Waals surface area contributed by atoms with Gasteiger partial charge in [-0.2, -0.15) is 0 Å². The molecule has 11 nitrogen and oxygen atoms in total. The van der Waals surface area contributed by atoms with Gasteiger partial charge in [-0.3, -0.25) is 9.59 Å². The van der Waals surface area contributed by atoms with Gasteiger partial charge in [0.2, 0.25) is 0 Å². The summed E-state index contributed by atoms with van der Waals surface area (Å²) in [4.78, 5) is 49.3. The molecule has 1 aromatic carbocycles. The van der Waals surface area contributed by atoms with Crippen LogP contribution in [0.4, 0.5) is 9.59 Å². The first kappa shape index (κ1) is 35.7. The van der Waals surface area contributed by atoms with E-state index in [1.807, 2.05) is 48.5 Å². The SMILES string of the molecule is CC(CC(c1ccc(OC(=O)OC(C)C(C)C)c(OC(=O)OC(C)C(C)C)c1)[C@H](N)C(=O)O)OC(=O)CC(C)(C)C. The van der Waals surface area contributed by atoms with Crippen molar-refractivity contribution in [2.45, 2.75) is 112 Å². The van der Waals surface area contributed by atoms with Crippen molar-refractivity contribution in [3.05, 3.63) is 23.8 Å². The third-order valence-electron chi connectivity index (χ3n) is 6.54. The Kier molecular flexibility index (Phi) is 13.6. The van der Waals surface area contributed by atoms with Gasteiger partial charge in [0.15, 0.2) is 11.5 Å². The quantitative estimate of drug-likeness (QED) is 0.158. The molecule has 0 aliphatic carbocycles. The fourth-order valence-corrected chi connectivity index (χ4v) is 3.49. The predicted octanol–water partition coefficient (Wildman–Crippen LogP) is 6.06. The minimum absolute atomic E-state index is 0.0116. The van der Waals surface area contributed by atoms with Crippen molar-refractivity contribution >= 4 is 24.2 Å². The van der Waals surface area contributed by atoms with E-state index in [-0.39, 0.29) is 41.6 Å². The molecule has 1 aromatic rings. The van der Waals surface area contributed by atoms with Crippen LogP contribution in [0.15, 0.2) is 18.2 Å². The van der Waals surface area contributed by atoms with Gasteiger partial charge in [0.1, 0.15) is 18.2 Å². The molecule has 0 aromatic heterocycles. The van der Waals surface area contributed by atoms with Crippen molar-refractivity contribution in [2.24, 2.45) is 23.0 Å². The molecule has 0 bridgehead atoms. The molecule has 0 aliphatic heterocycles. The number of rotatable bonds is 13. The summed E-state index contributed by atoms with van der Waals surface area (Å²) < 4.78 is 26.8. The van der Waals surface area contributed by atoms with Crippen LogP contribution in [0.5, 0.6) is 11.5 Å². The summed E-state index contributed by atoms with van der Waals surface area (Å²) >= 11 is 0. The molecule has 0 heterocycles. The monoisotopic (exact) mass is 581 g/mol. The summed E-state index contributed by atoms with van der Waals surface area (Å²) in [5, 5.41) is 9.71. The third kappa shape index (κ3) is 12.8. The molecule has 5 atom stereocenters. The Morgan fingerprint density at radius 1 is 0.805 bits per heavy atom. The van der Waals surface area contributed by atoms with Gasteiger partial charge in [0.25, 0.3) is 0 Å². The van der Waals surface area contributed by atoms with Crippen LogP contribution in [0.2, 0.25) is 0 Å². The van der Waals surface area contributed by atoms with Crippen molar-refractivity contribution in [3.8, 4) is 11.5 Å². The Morgan fingerprint density at radius 2 is 1.29 bits per heavy atom. The highest BCUT2D eigenvalue weighted by Gasteiger charge is 2.31. The molecular formula is C30H47NO10. The van der Waals surface area contributed by atoms with Crippen LogP contribution in [0, 0.1) is 17.3 Å². The summed E-state index contributed by atoms with van der Waals surface area (Å²) in [5.41, 5.74) is 6.12. The van der Waals surface area contributed by atoms with E-state index in [1.165, 1.54) is 18.2 Å². The Balaban J connectivity index is 3.38. The van der Waals surface area contributed by atoms with Crippen LogP contribution in [-0.2, 0) is 23.8 Å². The summed E-state index contributed by atoms with van der Waals surface area (Å²) in [6.45, 7) is 18.3. The van der Waals surface area contributed by atoms with Gasteiger partial charge >= 0.3 is 24.2 Å². The summed E-state index contributed by atoms with van der Waals surface area (Å²) in [6.07, 6.45) is -3.39. The van der Waals surface area contributed by atoms with E-state index in [1.54, 1.807) is 20.8 Å². The second-order valence-electron chi connectivity index (χ2n) is 12.3. The number of carboxylic acids is 1. The lowest BCUT2D eigenvalue weighted by Crippen LogP contribution is -2.38. The van der Waals surface area contributed by atoms with Gasteiger partial charge in [0.05, 0.1) is 12.5 Å². The van der Waals surface area contributed by atoms with Gasteiger partial charge in [-0.25, -0.2) is 9.59 Å². The third-order valence-corrected chi connectivity index (χ3v) is 6.54. The zero-order chi connectivity index (χ0) is 31.7. The van der Waals surface area contributed by atoms with Gasteiger partial charge in [-0.05, 0) is 62.1 Å². The average molecular weight is 582 g/mol. The number of carboxylic acid groups (broad SMARTS) is 1. The minimum atomic E-state index is -1.39. The predicted molar refractivity (Wildman–Crippen MR) is 152 cm³/mol. The Morgan fingerprint density at radius 3 is 1.73 bits per heavy atom. The first-order chi connectivity index (χ1) is 18.8. The van der Waals surface area contributed by atoms with Crippen LogP contribution in [0.3, 0.4) is 0 Å². The normalized spacial score (nSPS) is 15.3. The number of hydrogen-bond donors (Lipinski definition) is 2. The van der Waals surface area contributed by atoms with E-state index in [4.69, 9.17) is 29.4 Å². The molecule has 3 N–H and O–H groups in total. The zero-order valence-corrected chi connectivity index (χ0v) is 25.9. The van der Waals surface area contributed by atoms with Crippen molar-refractivity contribution in [1.82, 2.24) is 0 Å². The second kappa shape index (κ2) is 15.6. The summed E-state index contributed by atoms with van der Waals surface area (Å²) in [6, 6.07) is 2.82. The van der Waals surface area contributed by atoms with Gasteiger partial charge in [-0.1, -0.05) is 54.5 Å². The lowest BCUT2D eigenvalue weighted by molar-refractivity contribution is -0.150. The topological polar surface area (TPSA) is 161 Å². The smallest absolute Gasteiger partial charge is 0.480 e. The first-order valence-corrected chi connectivity index (χ1v) is 13.9. The molecule has 0 fully saturated rings. The van der Waals surface area contributed by atoms with E-state index in [2.05, 4.69) is 0 Å². The van der Waals surface area contributed by atoms with E-state index in [0.29, 0.717) is 5.56 Å². The fourth-order valence-electron chi connectivity index (χ4n) is 3.49. The molecule has 0 amide bonds. The lowest BCUT2D eigenvalue weighted by Gasteiger charge is -2.26. The van der Waals surface area contributed by atoms with Gasteiger partial charge in [0, 0.05) is 5.92 Å². The first-order valence-electron chi connectivity index (χ1n) is 13.9. The number of nitrogens with two attached hydrogens (primary N) is 1. The van der Waals surface area contributed by atoms with Crippen LogP contribution < -0.4 is 15.2 Å². The Hall–Kier alpha value is -3.34. The molecule has 4 unspecified atom stereocenters. The summed E-state index contributed by atoms with van der Waals surface area (Å²) in [7, 11) is 0. The van der Waals surface area contributed by atoms with E-state index in [9.17, 15) is 24.3 Å². The molecule has 1 rings (SSSR count). The number of benzene rings is 1. The Labute approximate surface area is 243 Å². The molecule has 232 valence electrons. The maximum atomic E-state index is 12.6. The second-order valence-corrected chi connectivity index (χ2v) is 12.3. The van der Waals surface area contributed by atoms with Crippen molar-refractivity contribution in [3.63, 3.8) is 0 Å². The lowest BCUT2D eigenvalue weighted by atomic mass is 9.86. The molecule has 41 heavy (non-hydrogen) atoms. The maximum Gasteiger partial charge on any atom is 0.514 e. The van der Waals surface area contributed by atoms with Gasteiger partial charge in [-0.15, -0.1) is 0 Å². The number of ether oxygens (including phenoxy) is 5. The number of aliphatic carboxylic acids is 1. The number of carbonyl (C=O) groups is 4. The van der Waals surface area contributed by atoms with Crippen LogP contribution in [0.25, 0.3) is 0 Å². The Bertz CT molecular complexity index is 1050. The molecular weight excluding hydrogens is 534 g/mol. The zero-order valence-electron chi connectivity index (χ0n) is 25.9.